The molecule has 0 aliphatic carbocycles. The van der Waals surface area contributed by atoms with Crippen molar-refractivity contribution < 1.29 is 4.74 Å². The number of hydrogen-bond donors (Lipinski definition) is 2. The third-order valence-corrected chi connectivity index (χ3v) is 6.49. The van der Waals surface area contributed by atoms with Crippen LogP contribution in [-0.4, -0.2) is 17.2 Å². The zero-order valence-corrected chi connectivity index (χ0v) is 17.7. The van der Waals surface area contributed by atoms with Gasteiger partial charge in [0, 0.05) is 22.5 Å². The number of fused-ring (bicyclic) bond motifs is 4. The Bertz CT molecular complexity index is 1020. The molecule has 0 aromatic heterocycles. The van der Waals surface area contributed by atoms with Gasteiger partial charge in [0.15, 0.2) is 0 Å². The van der Waals surface area contributed by atoms with Gasteiger partial charge in [0.2, 0.25) is 0 Å². The minimum Gasteiger partial charge on any atom is -0.377 e. The molecule has 3 aliphatic rings. The molecule has 0 amide bonds. The van der Waals surface area contributed by atoms with E-state index in [-0.39, 0.29) is 22.8 Å². The van der Waals surface area contributed by atoms with Crippen LogP contribution in [0.4, 0.5) is 11.4 Å². The van der Waals surface area contributed by atoms with E-state index in [9.17, 15) is 0 Å². The molecule has 1 fully saturated rings. The van der Waals surface area contributed by atoms with Crippen molar-refractivity contribution in [2.24, 2.45) is 0 Å². The van der Waals surface area contributed by atoms with E-state index in [0.29, 0.717) is 0 Å². The zero-order valence-electron chi connectivity index (χ0n) is 17.7. The van der Waals surface area contributed by atoms with Gasteiger partial charge in [-0.05, 0) is 82.9 Å². The summed E-state index contributed by atoms with van der Waals surface area (Å²) in [6.07, 6.45) is 3.49. The van der Waals surface area contributed by atoms with Crippen LogP contribution < -0.4 is 10.6 Å². The Morgan fingerprint density at radius 3 is 2.32 bits per heavy atom. The number of ether oxygens (including phenoxy) is 1. The molecule has 0 bridgehead atoms. The molecule has 1 saturated heterocycles. The maximum absolute atomic E-state index is 6.14. The summed E-state index contributed by atoms with van der Waals surface area (Å²) in [5, 5.41) is 7.28. The lowest BCUT2D eigenvalue weighted by molar-refractivity contribution is 0.295. The van der Waals surface area contributed by atoms with Gasteiger partial charge in [-0.3, -0.25) is 0 Å². The topological polar surface area (TPSA) is 36.6 Å². The molecule has 3 nitrogen and oxygen atoms in total. The Balaban J connectivity index is 1.45. The van der Waals surface area contributed by atoms with Gasteiger partial charge in [-0.1, -0.05) is 24.3 Å². The largest absolute Gasteiger partial charge is 0.377 e. The van der Waals surface area contributed by atoms with E-state index in [1.807, 2.05) is 0 Å². The summed E-state index contributed by atoms with van der Waals surface area (Å²) in [5.41, 5.74) is 8.91. The summed E-state index contributed by atoms with van der Waals surface area (Å²) >= 11 is 0. The summed E-state index contributed by atoms with van der Waals surface area (Å²) < 4.78 is 6.14. The second-order valence-corrected chi connectivity index (χ2v) is 10.1. The van der Waals surface area contributed by atoms with Crippen molar-refractivity contribution in [1.82, 2.24) is 0 Å². The van der Waals surface area contributed by atoms with E-state index in [4.69, 9.17) is 4.74 Å². The second-order valence-electron chi connectivity index (χ2n) is 10.1. The smallest absolute Gasteiger partial charge is 0.121 e. The highest BCUT2D eigenvalue weighted by Gasteiger charge is 2.64. The van der Waals surface area contributed by atoms with Crippen LogP contribution >= 0.6 is 0 Å². The normalized spacial score (nSPS) is 28.1. The molecule has 2 N–H and O–H groups in total. The number of benzene rings is 2. The van der Waals surface area contributed by atoms with Crippen molar-refractivity contribution in [3.8, 4) is 0 Å². The van der Waals surface area contributed by atoms with E-state index in [1.54, 1.807) is 0 Å². The van der Waals surface area contributed by atoms with Gasteiger partial charge in [-0.2, -0.15) is 0 Å². The van der Waals surface area contributed by atoms with Crippen LogP contribution in [0.25, 0.3) is 5.57 Å². The Hall–Kier alpha value is -2.26. The fourth-order valence-electron chi connectivity index (χ4n) is 5.26. The van der Waals surface area contributed by atoms with Gasteiger partial charge in [0.25, 0.3) is 0 Å². The quantitative estimate of drug-likeness (QED) is 0.662. The van der Waals surface area contributed by atoms with Crippen molar-refractivity contribution in [2.45, 2.75) is 70.7 Å². The van der Waals surface area contributed by atoms with E-state index in [0.717, 1.165) is 6.42 Å². The molecule has 2 aromatic carbocycles. The van der Waals surface area contributed by atoms with Crippen molar-refractivity contribution in [3.63, 3.8) is 0 Å². The average Bonchev–Trinajstić information content (AvgIpc) is 3.30. The summed E-state index contributed by atoms with van der Waals surface area (Å²) in [6, 6.07) is 13.6. The maximum Gasteiger partial charge on any atom is 0.121 e. The van der Waals surface area contributed by atoms with Crippen molar-refractivity contribution in [3.05, 3.63) is 64.7 Å². The van der Waals surface area contributed by atoms with Crippen LogP contribution in [0.5, 0.6) is 0 Å². The highest BCUT2D eigenvalue weighted by atomic mass is 16.6. The molecule has 2 unspecified atom stereocenters. The molecule has 3 heterocycles. The number of epoxide rings is 1. The molecule has 3 aliphatic heterocycles. The summed E-state index contributed by atoms with van der Waals surface area (Å²) in [7, 11) is 0. The third kappa shape index (κ3) is 2.68. The van der Waals surface area contributed by atoms with E-state index < -0.39 is 0 Å². The van der Waals surface area contributed by atoms with Gasteiger partial charge in [0.1, 0.15) is 11.7 Å². The third-order valence-electron chi connectivity index (χ3n) is 6.49. The molecular formula is C25H30N2O. The molecular weight excluding hydrogens is 344 g/mol. The molecule has 0 radical (unpaired) electrons. The predicted molar refractivity (Wildman–Crippen MR) is 117 cm³/mol. The van der Waals surface area contributed by atoms with Gasteiger partial charge in [0.05, 0.1) is 11.1 Å². The molecule has 0 spiro atoms. The highest BCUT2D eigenvalue weighted by molar-refractivity contribution is 5.80. The summed E-state index contributed by atoms with van der Waals surface area (Å²) in [5.74, 6) is 0. The Morgan fingerprint density at radius 1 is 0.893 bits per heavy atom. The molecule has 0 saturated carbocycles. The minimum absolute atomic E-state index is 0.00805. The number of allylic oxidation sites excluding steroid dienone is 1. The van der Waals surface area contributed by atoms with E-state index >= 15 is 0 Å². The van der Waals surface area contributed by atoms with Crippen LogP contribution in [0.3, 0.4) is 0 Å². The molecule has 146 valence electrons. The minimum atomic E-state index is -0.148. The van der Waals surface area contributed by atoms with Crippen LogP contribution in [0, 0.1) is 0 Å². The first-order valence-corrected chi connectivity index (χ1v) is 10.3. The fraction of sp³-hybridized carbons (Fsp3) is 0.440. The molecule has 2 aromatic rings. The van der Waals surface area contributed by atoms with E-state index in [2.05, 4.69) is 94.7 Å². The van der Waals surface area contributed by atoms with Gasteiger partial charge in [-0.25, -0.2) is 0 Å². The molecule has 28 heavy (non-hydrogen) atoms. The predicted octanol–water partition coefficient (Wildman–Crippen LogP) is 5.70. The zero-order chi connectivity index (χ0) is 19.9. The summed E-state index contributed by atoms with van der Waals surface area (Å²) in [4.78, 5) is 0. The molecule has 3 heteroatoms. The van der Waals surface area contributed by atoms with Crippen LogP contribution in [0.2, 0.25) is 0 Å². The lowest BCUT2D eigenvalue weighted by atomic mass is 9.81. The van der Waals surface area contributed by atoms with Crippen molar-refractivity contribution in [2.75, 3.05) is 10.6 Å². The van der Waals surface area contributed by atoms with Crippen molar-refractivity contribution in [1.29, 1.82) is 0 Å². The van der Waals surface area contributed by atoms with Crippen LogP contribution in [0.15, 0.2) is 42.5 Å². The molecule has 2 atom stereocenters. The van der Waals surface area contributed by atoms with Crippen molar-refractivity contribution >= 4 is 16.9 Å². The number of rotatable bonds is 2. The molecule has 5 rings (SSSR count). The van der Waals surface area contributed by atoms with Gasteiger partial charge < -0.3 is 15.4 Å². The van der Waals surface area contributed by atoms with Crippen LogP contribution in [0.1, 0.15) is 63.8 Å². The monoisotopic (exact) mass is 374 g/mol. The Kier molecular flexibility index (Phi) is 3.45. The first-order valence-electron chi connectivity index (χ1n) is 10.3. The lowest BCUT2D eigenvalue weighted by Crippen LogP contribution is -2.43. The van der Waals surface area contributed by atoms with E-state index in [1.165, 1.54) is 39.2 Å². The highest BCUT2D eigenvalue weighted by Crippen LogP contribution is 2.57. The Labute approximate surface area is 168 Å². The SMILES string of the molecule is CC1=CC(C)(C)Nc2ccc(Cc3ccc4c(c3)C3(C)OC3C(C)(C)N4)cc21. The lowest BCUT2D eigenvalue weighted by Gasteiger charge is -2.33. The van der Waals surface area contributed by atoms with Gasteiger partial charge in [-0.15, -0.1) is 0 Å². The van der Waals surface area contributed by atoms with Crippen LogP contribution in [-0.2, 0) is 16.8 Å². The number of anilines is 2. The first-order chi connectivity index (χ1) is 13.1. The standard InChI is InChI=1S/C25H30N2O/c1-15-14-23(2,3)26-20-9-7-16(12-18(15)20)11-17-8-10-21-19(13-17)25(6)22(28-25)24(4,5)27-21/h7-10,12-14,22,26-27H,11H2,1-6H3. The summed E-state index contributed by atoms with van der Waals surface area (Å²) in [6.45, 7) is 13.3. The number of hydrogen-bond acceptors (Lipinski definition) is 3. The number of nitrogens with one attached hydrogen (secondary N) is 2. The Morgan fingerprint density at radius 2 is 1.57 bits per heavy atom. The van der Waals surface area contributed by atoms with Gasteiger partial charge >= 0.3 is 0 Å². The fourth-order valence-corrected chi connectivity index (χ4v) is 5.26. The maximum atomic E-state index is 6.14. The average molecular weight is 375 g/mol. The second kappa shape index (κ2) is 5.42. The first kappa shape index (κ1) is 17.8.